The molecule has 6 aromatic heterocycles. The summed E-state index contributed by atoms with van der Waals surface area (Å²) in [6.45, 7) is 12.3. The van der Waals surface area contributed by atoms with Crippen LogP contribution in [0.4, 0.5) is 11.6 Å². The Balaban J connectivity index is 0.000000156. The van der Waals surface area contributed by atoms with Crippen LogP contribution in [0.5, 0.6) is 0 Å². The Hall–Kier alpha value is -5.12. The molecule has 15 nitrogen and oxygen atoms in total. The first-order valence-corrected chi connectivity index (χ1v) is 16.3. The number of fused-ring (bicyclic) bond motifs is 2. The molecule has 8 heterocycles. The zero-order chi connectivity index (χ0) is 33.1. The second-order valence-electron chi connectivity index (χ2n) is 12.5. The molecule has 248 valence electrons. The molecule has 0 aromatic carbocycles. The fourth-order valence-corrected chi connectivity index (χ4v) is 5.98. The van der Waals surface area contributed by atoms with Crippen molar-refractivity contribution in [3.8, 4) is 22.8 Å². The number of nitrogens with zero attached hydrogens (tertiary/aromatic N) is 10. The molecule has 0 unspecified atom stereocenters. The number of anilines is 2. The first-order chi connectivity index (χ1) is 23.4. The van der Waals surface area contributed by atoms with Crippen molar-refractivity contribution in [1.29, 1.82) is 0 Å². The lowest BCUT2D eigenvalue weighted by molar-refractivity contribution is -0.0231. The number of H-pyrrole nitrogens is 2. The average molecular weight is 649 g/mol. The minimum atomic E-state index is -0.786. The van der Waals surface area contributed by atoms with Gasteiger partial charge in [0.15, 0.2) is 11.3 Å². The van der Waals surface area contributed by atoms with Crippen molar-refractivity contribution in [3.63, 3.8) is 0 Å². The molecule has 0 bridgehead atoms. The predicted octanol–water partition coefficient (Wildman–Crippen LogP) is 2.42. The molecule has 2 aliphatic rings. The zero-order valence-electron chi connectivity index (χ0n) is 27.3. The molecule has 15 heteroatoms. The minimum absolute atomic E-state index is 0.0180. The van der Waals surface area contributed by atoms with Crippen LogP contribution >= 0.6 is 0 Å². The summed E-state index contributed by atoms with van der Waals surface area (Å²) in [5.74, 6) is 2.02. The number of pyridine rings is 2. The summed E-state index contributed by atoms with van der Waals surface area (Å²) in [5.41, 5.74) is 5.07. The van der Waals surface area contributed by atoms with Gasteiger partial charge in [-0.3, -0.25) is 10.2 Å². The molecule has 5 N–H and O–H groups in total. The van der Waals surface area contributed by atoms with E-state index in [0.29, 0.717) is 23.4 Å². The number of hydrogen-bond acceptors (Lipinski definition) is 13. The summed E-state index contributed by atoms with van der Waals surface area (Å²) in [6, 6.07) is 11.9. The SMILES string of the molecule is CC(C)[C@@](C)(O)[C@@H]1CN(c2cccc(-c3[nH]nc4nccnc34)n2)CCN1.c1cc(-c2[nH]nc3nccnc23)nc(N2CCNCC2)c1. The fourth-order valence-electron chi connectivity index (χ4n) is 5.98. The summed E-state index contributed by atoms with van der Waals surface area (Å²) in [7, 11) is 0. The maximum Gasteiger partial charge on any atom is 0.200 e. The molecular formula is C33H40N14O. The number of aromatic nitrogens is 10. The third-order valence-electron chi connectivity index (χ3n) is 9.17. The summed E-state index contributed by atoms with van der Waals surface area (Å²) in [6.07, 6.45) is 6.58. The van der Waals surface area contributed by atoms with E-state index < -0.39 is 5.60 Å². The van der Waals surface area contributed by atoms with E-state index in [4.69, 9.17) is 9.97 Å². The van der Waals surface area contributed by atoms with E-state index in [-0.39, 0.29) is 12.0 Å². The van der Waals surface area contributed by atoms with Crippen LogP contribution in [0.25, 0.3) is 45.1 Å². The van der Waals surface area contributed by atoms with Gasteiger partial charge in [-0.15, -0.1) is 0 Å². The Morgan fingerprint density at radius 3 is 1.81 bits per heavy atom. The van der Waals surface area contributed by atoms with Gasteiger partial charge in [-0.2, -0.15) is 10.2 Å². The number of aliphatic hydroxyl groups is 1. The van der Waals surface area contributed by atoms with Crippen LogP contribution in [0.3, 0.4) is 0 Å². The van der Waals surface area contributed by atoms with Crippen LogP contribution in [0, 0.1) is 5.92 Å². The molecule has 0 saturated carbocycles. The quantitative estimate of drug-likeness (QED) is 0.178. The van der Waals surface area contributed by atoms with Gasteiger partial charge in [0.1, 0.15) is 34.1 Å². The molecule has 2 atom stereocenters. The molecule has 48 heavy (non-hydrogen) atoms. The normalized spacial score (nSPS) is 18.1. The molecule has 2 fully saturated rings. The van der Waals surface area contributed by atoms with Crippen molar-refractivity contribution in [2.45, 2.75) is 32.4 Å². The fraction of sp³-hybridized carbons (Fsp3) is 0.394. The first kappa shape index (κ1) is 31.5. The van der Waals surface area contributed by atoms with Crippen molar-refractivity contribution in [3.05, 3.63) is 61.2 Å². The summed E-state index contributed by atoms with van der Waals surface area (Å²) in [4.78, 5) is 31.2. The van der Waals surface area contributed by atoms with Crippen LogP contribution in [0.1, 0.15) is 20.8 Å². The van der Waals surface area contributed by atoms with E-state index in [1.165, 1.54) is 0 Å². The third-order valence-corrected chi connectivity index (χ3v) is 9.17. The monoisotopic (exact) mass is 648 g/mol. The van der Waals surface area contributed by atoms with Crippen molar-refractivity contribution in [2.24, 2.45) is 5.92 Å². The lowest BCUT2D eigenvalue weighted by Gasteiger charge is -2.43. The molecule has 6 aromatic rings. The zero-order valence-corrected chi connectivity index (χ0v) is 27.3. The highest BCUT2D eigenvalue weighted by Crippen LogP contribution is 2.28. The van der Waals surface area contributed by atoms with Crippen LogP contribution in [0.2, 0.25) is 0 Å². The smallest absolute Gasteiger partial charge is 0.200 e. The van der Waals surface area contributed by atoms with E-state index in [9.17, 15) is 5.11 Å². The highest BCUT2D eigenvalue weighted by molar-refractivity contribution is 5.86. The van der Waals surface area contributed by atoms with Gasteiger partial charge < -0.3 is 25.5 Å². The summed E-state index contributed by atoms with van der Waals surface area (Å²) in [5, 5.41) is 32.0. The standard InChI is InChI=1S/C19H25N7O.C14H15N7/c1-12(2)19(3,27)14-11-26(10-9-20-14)15-6-4-5-13(23-15)16-17-18(25-24-16)22-8-7-21-17;1-2-10(12-13-14(20-19-12)17-5-4-16-13)18-11(3-1)21-8-6-15-7-9-21/h4-8,12,14,20,27H,9-11H2,1-3H3,(H,22,24,25);1-5,15H,6-9H2,(H,17,19,20)/t14-,19+;/m0./s1. The minimum Gasteiger partial charge on any atom is -0.388 e. The second-order valence-corrected chi connectivity index (χ2v) is 12.5. The highest BCUT2D eigenvalue weighted by atomic mass is 16.3. The molecule has 0 spiro atoms. The maximum atomic E-state index is 10.9. The van der Waals surface area contributed by atoms with Gasteiger partial charge in [-0.25, -0.2) is 29.9 Å². The maximum absolute atomic E-state index is 10.9. The molecule has 2 aliphatic heterocycles. The van der Waals surface area contributed by atoms with Crippen molar-refractivity contribution >= 4 is 34.0 Å². The van der Waals surface area contributed by atoms with Crippen LogP contribution < -0.4 is 20.4 Å². The Morgan fingerprint density at radius 1 is 0.729 bits per heavy atom. The average Bonchev–Trinajstić information content (AvgIpc) is 3.78. The number of nitrogens with one attached hydrogen (secondary N) is 4. The van der Waals surface area contributed by atoms with E-state index >= 15 is 0 Å². The predicted molar refractivity (Wildman–Crippen MR) is 184 cm³/mol. The molecule has 8 rings (SSSR count). The Kier molecular flexibility index (Phi) is 8.88. The van der Waals surface area contributed by atoms with Crippen molar-refractivity contribution < 1.29 is 5.11 Å². The Labute approximate surface area is 277 Å². The van der Waals surface area contributed by atoms with Gasteiger partial charge in [-0.1, -0.05) is 26.0 Å². The van der Waals surface area contributed by atoms with Crippen LogP contribution in [-0.4, -0.2) is 113 Å². The lowest BCUT2D eigenvalue weighted by atomic mass is 9.84. The van der Waals surface area contributed by atoms with Crippen LogP contribution in [0.15, 0.2) is 61.2 Å². The van der Waals surface area contributed by atoms with Gasteiger partial charge in [0.25, 0.3) is 0 Å². The van der Waals surface area contributed by atoms with Crippen molar-refractivity contribution in [2.75, 3.05) is 55.6 Å². The lowest BCUT2D eigenvalue weighted by Crippen LogP contribution is -2.62. The Morgan fingerprint density at radius 2 is 1.25 bits per heavy atom. The van der Waals surface area contributed by atoms with E-state index in [0.717, 1.165) is 79.2 Å². The number of piperazine rings is 2. The van der Waals surface area contributed by atoms with Crippen molar-refractivity contribution in [1.82, 2.24) is 60.9 Å². The van der Waals surface area contributed by atoms with E-state index in [1.54, 1.807) is 24.8 Å². The summed E-state index contributed by atoms with van der Waals surface area (Å²) < 4.78 is 0. The number of aromatic amines is 2. The van der Waals surface area contributed by atoms with E-state index in [2.05, 4.69) is 60.8 Å². The first-order valence-electron chi connectivity index (χ1n) is 16.3. The molecular weight excluding hydrogens is 608 g/mol. The van der Waals surface area contributed by atoms with Gasteiger partial charge in [0.2, 0.25) is 0 Å². The third kappa shape index (κ3) is 6.39. The molecule has 0 amide bonds. The molecule has 2 saturated heterocycles. The largest absolute Gasteiger partial charge is 0.388 e. The van der Waals surface area contributed by atoms with Crippen LogP contribution in [-0.2, 0) is 0 Å². The molecule has 0 aliphatic carbocycles. The van der Waals surface area contributed by atoms with Gasteiger partial charge >= 0.3 is 0 Å². The van der Waals surface area contributed by atoms with Gasteiger partial charge in [0, 0.05) is 70.6 Å². The number of hydrogen-bond donors (Lipinski definition) is 5. The molecule has 0 radical (unpaired) electrons. The number of rotatable bonds is 6. The Bertz CT molecular complexity index is 1980. The van der Waals surface area contributed by atoms with E-state index in [1.807, 2.05) is 57.2 Å². The highest BCUT2D eigenvalue weighted by Gasteiger charge is 2.38. The van der Waals surface area contributed by atoms with Gasteiger partial charge in [0.05, 0.1) is 23.0 Å². The summed E-state index contributed by atoms with van der Waals surface area (Å²) >= 11 is 0. The topological polar surface area (TPSA) is 185 Å². The van der Waals surface area contributed by atoms with Gasteiger partial charge in [-0.05, 0) is 37.1 Å². The second kappa shape index (κ2) is 13.5.